The molecule has 1 saturated heterocycles. The van der Waals surface area contributed by atoms with Crippen LogP contribution in [-0.2, 0) is 9.59 Å². The van der Waals surface area contributed by atoms with Gasteiger partial charge in [0.25, 0.3) is 0 Å². The Labute approximate surface area is 153 Å². The second-order valence-electron chi connectivity index (χ2n) is 7.46. The van der Waals surface area contributed by atoms with E-state index in [2.05, 4.69) is 0 Å². The molecule has 2 amide bonds. The Morgan fingerprint density at radius 3 is 2.84 bits per heavy atom. The third kappa shape index (κ3) is 5.11. The fourth-order valence-corrected chi connectivity index (χ4v) is 3.78. The molecule has 2 N–H and O–H groups in total. The van der Waals surface area contributed by atoms with Gasteiger partial charge in [0.2, 0.25) is 11.8 Å². The number of hydrogen-bond acceptors (Lipinski definition) is 3. The first kappa shape index (κ1) is 18.1. The number of halogens is 1. The maximum absolute atomic E-state index is 12.5. The van der Waals surface area contributed by atoms with E-state index >= 15 is 0 Å². The molecule has 1 atom stereocenters. The van der Waals surface area contributed by atoms with Crippen LogP contribution in [0.15, 0.2) is 24.3 Å². The lowest BCUT2D eigenvalue weighted by molar-refractivity contribution is -0.137. The van der Waals surface area contributed by atoms with Gasteiger partial charge in [-0.05, 0) is 49.8 Å². The van der Waals surface area contributed by atoms with Crippen molar-refractivity contribution in [3.63, 3.8) is 0 Å². The summed E-state index contributed by atoms with van der Waals surface area (Å²) in [5.74, 6) is 1.06. The molecule has 6 heteroatoms. The zero-order valence-electron chi connectivity index (χ0n) is 14.4. The van der Waals surface area contributed by atoms with Gasteiger partial charge in [-0.25, -0.2) is 0 Å². The lowest BCUT2D eigenvalue weighted by Crippen LogP contribution is -2.50. The number of carbonyl (C=O) groups excluding carboxylic acids is 2. The van der Waals surface area contributed by atoms with Crippen molar-refractivity contribution in [2.24, 2.45) is 17.1 Å². The Bertz CT molecular complexity index is 647. The summed E-state index contributed by atoms with van der Waals surface area (Å²) in [6, 6.07) is 7.19. The highest BCUT2D eigenvalue weighted by atomic mass is 35.5. The van der Waals surface area contributed by atoms with Gasteiger partial charge in [0, 0.05) is 36.4 Å². The average molecular weight is 365 g/mol. The van der Waals surface area contributed by atoms with Crippen LogP contribution in [0.2, 0.25) is 5.02 Å². The molecule has 0 unspecified atom stereocenters. The first-order valence-corrected chi connectivity index (χ1v) is 9.28. The fourth-order valence-electron chi connectivity index (χ4n) is 3.59. The van der Waals surface area contributed by atoms with Crippen molar-refractivity contribution in [3.05, 3.63) is 29.3 Å². The van der Waals surface area contributed by atoms with Gasteiger partial charge in [0.05, 0.1) is 6.61 Å². The molecule has 0 radical (unpaired) electrons. The van der Waals surface area contributed by atoms with E-state index in [1.807, 2.05) is 17.0 Å². The summed E-state index contributed by atoms with van der Waals surface area (Å²) in [5.41, 5.74) is 5.07. The number of nitrogens with two attached hydrogens (primary N) is 1. The number of hydrogen-bond donors (Lipinski definition) is 1. The van der Waals surface area contributed by atoms with Gasteiger partial charge in [-0.15, -0.1) is 0 Å². The monoisotopic (exact) mass is 364 g/mol. The minimum atomic E-state index is -0.425. The first-order chi connectivity index (χ1) is 12.0. The molecule has 0 spiro atoms. The van der Waals surface area contributed by atoms with Crippen LogP contribution in [0.25, 0.3) is 0 Å². The summed E-state index contributed by atoms with van der Waals surface area (Å²) in [6.07, 6.45) is 4.85. The Hall–Kier alpha value is -1.75. The fraction of sp³-hybridized carbons (Fsp3) is 0.579. The SMILES string of the molecule is NC(=O)C[C@@]1(COc2cccc(Cl)c2)CCCN(C(=O)CC2CC2)C1. The van der Waals surface area contributed by atoms with E-state index in [4.69, 9.17) is 22.1 Å². The molecule has 136 valence electrons. The second kappa shape index (κ2) is 7.65. The largest absolute Gasteiger partial charge is 0.493 e. The third-order valence-electron chi connectivity index (χ3n) is 5.06. The predicted octanol–water partition coefficient (Wildman–Crippen LogP) is 3.00. The first-order valence-electron chi connectivity index (χ1n) is 8.90. The van der Waals surface area contributed by atoms with Crippen LogP contribution in [-0.4, -0.2) is 36.4 Å². The van der Waals surface area contributed by atoms with Gasteiger partial charge < -0.3 is 15.4 Å². The minimum Gasteiger partial charge on any atom is -0.493 e. The lowest BCUT2D eigenvalue weighted by Gasteiger charge is -2.42. The van der Waals surface area contributed by atoms with E-state index in [1.54, 1.807) is 12.1 Å². The molecule has 1 aliphatic heterocycles. The molecule has 1 aliphatic carbocycles. The van der Waals surface area contributed by atoms with Crippen molar-refractivity contribution < 1.29 is 14.3 Å². The topological polar surface area (TPSA) is 72.6 Å². The quantitative estimate of drug-likeness (QED) is 0.808. The van der Waals surface area contributed by atoms with Gasteiger partial charge >= 0.3 is 0 Å². The van der Waals surface area contributed by atoms with Crippen molar-refractivity contribution in [1.29, 1.82) is 0 Å². The van der Waals surface area contributed by atoms with E-state index in [0.717, 1.165) is 32.2 Å². The maximum Gasteiger partial charge on any atom is 0.222 e. The maximum atomic E-state index is 12.5. The van der Waals surface area contributed by atoms with Crippen LogP contribution in [0.4, 0.5) is 0 Å². The van der Waals surface area contributed by atoms with Crippen molar-refractivity contribution in [2.75, 3.05) is 19.7 Å². The molecule has 0 aromatic heterocycles. The number of piperidine rings is 1. The van der Waals surface area contributed by atoms with Gasteiger partial charge in [-0.3, -0.25) is 9.59 Å². The van der Waals surface area contributed by atoms with E-state index < -0.39 is 5.41 Å². The van der Waals surface area contributed by atoms with Crippen molar-refractivity contribution in [1.82, 2.24) is 4.90 Å². The number of nitrogens with zero attached hydrogens (tertiary/aromatic N) is 1. The zero-order valence-corrected chi connectivity index (χ0v) is 15.1. The molecule has 2 aliphatic rings. The van der Waals surface area contributed by atoms with E-state index in [0.29, 0.717) is 36.3 Å². The van der Waals surface area contributed by atoms with E-state index in [1.165, 1.54) is 0 Å². The molecular weight excluding hydrogens is 340 g/mol. The number of carbonyl (C=O) groups is 2. The smallest absolute Gasteiger partial charge is 0.222 e. The van der Waals surface area contributed by atoms with Crippen LogP contribution in [0, 0.1) is 11.3 Å². The predicted molar refractivity (Wildman–Crippen MR) is 96.3 cm³/mol. The molecule has 1 aromatic rings. The number of benzene rings is 1. The Morgan fingerprint density at radius 2 is 2.16 bits per heavy atom. The Morgan fingerprint density at radius 1 is 1.36 bits per heavy atom. The van der Waals surface area contributed by atoms with Crippen LogP contribution in [0.3, 0.4) is 0 Å². The summed E-state index contributed by atoms with van der Waals surface area (Å²) in [6.45, 7) is 1.63. The highest BCUT2D eigenvalue weighted by molar-refractivity contribution is 6.30. The summed E-state index contributed by atoms with van der Waals surface area (Å²) >= 11 is 6.00. The number of ether oxygens (including phenoxy) is 1. The summed E-state index contributed by atoms with van der Waals surface area (Å²) < 4.78 is 5.92. The van der Waals surface area contributed by atoms with Crippen molar-refractivity contribution in [3.8, 4) is 5.75 Å². The average Bonchev–Trinajstić information content (AvgIpc) is 3.37. The van der Waals surface area contributed by atoms with Crippen molar-refractivity contribution in [2.45, 2.75) is 38.5 Å². The minimum absolute atomic E-state index is 0.193. The number of likely N-dealkylation sites (tertiary alicyclic amines) is 1. The number of primary amides is 1. The summed E-state index contributed by atoms with van der Waals surface area (Å²) in [4.78, 5) is 26.0. The normalized spacial score (nSPS) is 23.3. The third-order valence-corrected chi connectivity index (χ3v) is 5.30. The van der Waals surface area contributed by atoms with Gasteiger partial charge in [-0.1, -0.05) is 17.7 Å². The standard InChI is InChI=1S/C19H25ClN2O3/c20-15-3-1-4-16(10-15)25-13-19(11-17(21)23)7-2-8-22(12-19)18(24)9-14-5-6-14/h1,3-4,10,14H,2,5-9,11-13H2,(H2,21,23)/t19-/m0/s1. The second-order valence-corrected chi connectivity index (χ2v) is 7.89. The van der Waals surface area contributed by atoms with Gasteiger partial charge in [0.15, 0.2) is 0 Å². The number of rotatable bonds is 7. The highest BCUT2D eigenvalue weighted by Gasteiger charge is 2.40. The molecule has 3 rings (SSSR count). The van der Waals surface area contributed by atoms with Gasteiger partial charge in [0.1, 0.15) is 5.75 Å². The molecule has 1 heterocycles. The van der Waals surface area contributed by atoms with Crippen LogP contribution >= 0.6 is 11.6 Å². The van der Waals surface area contributed by atoms with Crippen LogP contribution in [0.1, 0.15) is 38.5 Å². The van der Waals surface area contributed by atoms with Crippen LogP contribution < -0.4 is 10.5 Å². The highest BCUT2D eigenvalue weighted by Crippen LogP contribution is 2.37. The van der Waals surface area contributed by atoms with Gasteiger partial charge in [-0.2, -0.15) is 0 Å². The molecule has 25 heavy (non-hydrogen) atoms. The molecule has 0 bridgehead atoms. The number of amides is 2. The Balaban J connectivity index is 1.68. The van der Waals surface area contributed by atoms with Crippen LogP contribution in [0.5, 0.6) is 5.75 Å². The van der Waals surface area contributed by atoms with Crippen molar-refractivity contribution >= 4 is 23.4 Å². The molecule has 5 nitrogen and oxygen atoms in total. The molecule has 1 saturated carbocycles. The zero-order chi connectivity index (χ0) is 17.9. The molecular formula is C19H25ClN2O3. The lowest BCUT2D eigenvalue weighted by atomic mass is 9.77. The molecule has 1 aromatic carbocycles. The van der Waals surface area contributed by atoms with E-state index in [-0.39, 0.29) is 18.2 Å². The molecule has 2 fully saturated rings. The summed E-state index contributed by atoms with van der Waals surface area (Å²) in [7, 11) is 0. The Kier molecular flexibility index (Phi) is 5.52. The summed E-state index contributed by atoms with van der Waals surface area (Å²) in [5, 5.41) is 0.603. The van der Waals surface area contributed by atoms with E-state index in [9.17, 15) is 9.59 Å².